The third-order valence-corrected chi connectivity index (χ3v) is 3.36. The molecule has 0 aliphatic heterocycles. The predicted octanol–water partition coefficient (Wildman–Crippen LogP) is 2.69. The van der Waals surface area contributed by atoms with Crippen LogP contribution in [-0.4, -0.2) is 5.91 Å². The second kappa shape index (κ2) is 4.05. The second-order valence-corrected chi connectivity index (χ2v) is 4.57. The van der Waals surface area contributed by atoms with Gasteiger partial charge in [0, 0.05) is 5.56 Å². The Morgan fingerprint density at radius 1 is 1.33 bits per heavy atom. The van der Waals surface area contributed by atoms with Crippen molar-refractivity contribution in [1.82, 2.24) is 0 Å². The fraction of sp³-hybridized carbons (Fsp3) is 0.462. The lowest BCUT2D eigenvalue weighted by Gasteiger charge is -2.13. The van der Waals surface area contributed by atoms with Crippen molar-refractivity contribution in [3.63, 3.8) is 0 Å². The topological polar surface area (TPSA) is 43.1 Å². The van der Waals surface area contributed by atoms with E-state index in [9.17, 15) is 4.79 Å². The number of nitrogens with two attached hydrogens (primary N) is 1. The monoisotopic (exact) mass is 203 g/mol. The van der Waals surface area contributed by atoms with Gasteiger partial charge in [-0.3, -0.25) is 4.79 Å². The summed E-state index contributed by atoms with van der Waals surface area (Å²) >= 11 is 0. The first-order valence-electron chi connectivity index (χ1n) is 5.57. The molecule has 2 heteroatoms. The summed E-state index contributed by atoms with van der Waals surface area (Å²) in [7, 11) is 0. The maximum Gasteiger partial charge on any atom is 0.248 e. The molecular weight excluding hydrogens is 186 g/mol. The maximum absolute atomic E-state index is 11.3. The standard InChI is InChI=1S/C13H17NO/c1-9-6-7-10(8-9)11-4-2-3-5-12(11)13(14)15/h2-5,9-10H,6-8H2,1H3,(H2,14,15). The Morgan fingerprint density at radius 3 is 2.67 bits per heavy atom. The lowest BCUT2D eigenvalue weighted by molar-refractivity contribution is 0.0999. The molecule has 1 amide bonds. The van der Waals surface area contributed by atoms with Crippen LogP contribution in [0.15, 0.2) is 24.3 Å². The smallest absolute Gasteiger partial charge is 0.248 e. The molecule has 0 aromatic heterocycles. The number of primary amides is 1. The molecule has 1 aromatic carbocycles. The molecule has 2 nitrogen and oxygen atoms in total. The van der Waals surface area contributed by atoms with Crippen LogP contribution in [0.2, 0.25) is 0 Å². The van der Waals surface area contributed by atoms with Gasteiger partial charge in [-0.1, -0.05) is 31.5 Å². The highest BCUT2D eigenvalue weighted by atomic mass is 16.1. The van der Waals surface area contributed by atoms with Crippen molar-refractivity contribution in [2.45, 2.75) is 32.1 Å². The van der Waals surface area contributed by atoms with E-state index in [2.05, 4.69) is 6.92 Å². The van der Waals surface area contributed by atoms with Crippen molar-refractivity contribution in [3.05, 3.63) is 35.4 Å². The Hall–Kier alpha value is -1.31. The molecule has 0 heterocycles. The predicted molar refractivity (Wildman–Crippen MR) is 60.7 cm³/mol. The average Bonchev–Trinajstić information content (AvgIpc) is 2.65. The molecule has 0 spiro atoms. The first-order valence-corrected chi connectivity index (χ1v) is 5.57. The number of rotatable bonds is 2. The summed E-state index contributed by atoms with van der Waals surface area (Å²) in [6, 6.07) is 7.75. The van der Waals surface area contributed by atoms with Gasteiger partial charge in [0.25, 0.3) is 0 Å². The van der Waals surface area contributed by atoms with Gasteiger partial charge in [-0.05, 0) is 36.3 Å². The van der Waals surface area contributed by atoms with E-state index in [1.54, 1.807) is 0 Å². The molecular formula is C13H17NO. The molecule has 1 aliphatic rings. The summed E-state index contributed by atoms with van der Waals surface area (Å²) in [4.78, 5) is 11.3. The van der Waals surface area contributed by atoms with Gasteiger partial charge in [0.15, 0.2) is 0 Å². The molecule has 0 saturated heterocycles. The summed E-state index contributed by atoms with van der Waals surface area (Å²) in [6.07, 6.45) is 3.63. The largest absolute Gasteiger partial charge is 0.366 e. The Kier molecular flexibility index (Phi) is 2.76. The summed E-state index contributed by atoms with van der Waals surface area (Å²) in [6.45, 7) is 2.27. The molecule has 2 unspecified atom stereocenters. The lowest BCUT2D eigenvalue weighted by atomic mass is 9.92. The number of amides is 1. The number of hydrogen-bond donors (Lipinski definition) is 1. The molecule has 0 bridgehead atoms. The van der Waals surface area contributed by atoms with Gasteiger partial charge in [0.05, 0.1) is 0 Å². The van der Waals surface area contributed by atoms with E-state index >= 15 is 0 Å². The van der Waals surface area contributed by atoms with Crippen molar-refractivity contribution < 1.29 is 4.79 Å². The van der Waals surface area contributed by atoms with Crippen LogP contribution >= 0.6 is 0 Å². The van der Waals surface area contributed by atoms with E-state index in [-0.39, 0.29) is 5.91 Å². The summed E-state index contributed by atoms with van der Waals surface area (Å²) in [5.41, 5.74) is 7.23. The molecule has 15 heavy (non-hydrogen) atoms. The third kappa shape index (κ3) is 2.04. The van der Waals surface area contributed by atoms with Crippen LogP contribution in [-0.2, 0) is 0 Å². The Bertz CT molecular complexity index is 373. The molecule has 1 aromatic rings. The highest BCUT2D eigenvalue weighted by Crippen LogP contribution is 2.38. The highest BCUT2D eigenvalue weighted by Gasteiger charge is 2.25. The fourth-order valence-corrected chi connectivity index (χ4v) is 2.57. The van der Waals surface area contributed by atoms with E-state index in [0.29, 0.717) is 11.5 Å². The average molecular weight is 203 g/mol. The molecule has 2 atom stereocenters. The second-order valence-electron chi connectivity index (χ2n) is 4.57. The zero-order valence-electron chi connectivity index (χ0n) is 9.07. The van der Waals surface area contributed by atoms with Crippen LogP contribution in [0.25, 0.3) is 0 Å². The van der Waals surface area contributed by atoms with Gasteiger partial charge in [0.2, 0.25) is 5.91 Å². The van der Waals surface area contributed by atoms with Crippen molar-refractivity contribution in [2.75, 3.05) is 0 Å². The minimum atomic E-state index is -0.301. The zero-order valence-corrected chi connectivity index (χ0v) is 9.07. The summed E-state index contributed by atoms with van der Waals surface area (Å²) in [5, 5.41) is 0. The molecule has 0 radical (unpaired) electrons. The van der Waals surface area contributed by atoms with Crippen LogP contribution in [0.3, 0.4) is 0 Å². The molecule has 2 rings (SSSR count). The van der Waals surface area contributed by atoms with Crippen LogP contribution in [0.4, 0.5) is 0 Å². The SMILES string of the molecule is CC1CCC(c2ccccc2C(N)=O)C1. The number of hydrogen-bond acceptors (Lipinski definition) is 1. The molecule has 80 valence electrons. The maximum atomic E-state index is 11.3. The van der Waals surface area contributed by atoms with Crippen LogP contribution < -0.4 is 5.73 Å². The van der Waals surface area contributed by atoms with Gasteiger partial charge in [-0.25, -0.2) is 0 Å². The van der Waals surface area contributed by atoms with Crippen molar-refractivity contribution >= 4 is 5.91 Å². The normalized spacial score (nSPS) is 25.4. The lowest BCUT2D eigenvalue weighted by Crippen LogP contribution is -2.14. The first-order chi connectivity index (χ1) is 7.18. The van der Waals surface area contributed by atoms with Crippen molar-refractivity contribution in [1.29, 1.82) is 0 Å². The summed E-state index contributed by atoms with van der Waals surface area (Å²) in [5.74, 6) is 1.00. The molecule has 2 N–H and O–H groups in total. The quantitative estimate of drug-likeness (QED) is 0.789. The van der Waals surface area contributed by atoms with E-state index in [0.717, 1.165) is 11.5 Å². The van der Waals surface area contributed by atoms with Gasteiger partial charge in [-0.2, -0.15) is 0 Å². The van der Waals surface area contributed by atoms with Gasteiger partial charge in [-0.15, -0.1) is 0 Å². The fourth-order valence-electron chi connectivity index (χ4n) is 2.57. The number of carbonyl (C=O) groups is 1. The number of carbonyl (C=O) groups excluding carboxylic acids is 1. The van der Waals surface area contributed by atoms with Crippen LogP contribution in [0, 0.1) is 5.92 Å². The van der Waals surface area contributed by atoms with E-state index in [1.807, 2.05) is 24.3 Å². The van der Waals surface area contributed by atoms with Gasteiger partial charge < -0.3 is 5.73 Å². The minimum Gasteiger partial charge on any atom is -0.366 e. The van der Waals surface area contributed by atoms with E-state index in [1.165, 1.54) is 19.3 Å². The minimum absolute atomic E-state index is 0.301. The third-order valence-electron chi connectivity index (χ3n) is 3.36. The Balaban J connectivity index is 2.31. The van der Waals surface area contributed by atoms with E-state index < -0.39 is 0 Å². The molecule has 1 fully saturated rings. The Labute approximate surface area is 90.5 Å². The van der Waals surface area contributed by atoms with Crippen LogP contribution in [0.5, 0.6) is 0 Å². The molecule has 1 aliphatic carbocycles. The first kappa shape index (κ1) is 10.2. The van der Waals surface area contributed by atoms with Gasteiger partial charge in [0.1, 0.15) is 0 Å². The van der Waals surface area contributed by atoms with Crippen molar-refractivity contribution in [3.8, 4) is 0 Å². The van der Waals surface area contributed by atoms with Crippen molar-refractivity contribution in [2.24, 2.45) is 11.7 Å². The van der Waals surface area contributed by atoms with Gasteiger partial charge >= 0.3 is 0 Å². The number of benzene rings is 1. The highest BCUT2D eigenvalue weighted by molar-refractivity contribution is 5.94. The zero-order chi connectivity index (χ0) is 10.8. The summed E-state index contributed by atoms with van der Waals surface area (Å²) < 4.78 is 0. The van der Waals surface area contributed by atoms with E-state index in [4.69, 9.17) is 5.73 Å². The van der Waals surface area contributed by atoms with Crippen LogP contribution in [0.1, 0.15) is 48.0 Å². The Morgan fingerprint density at radius 2 is 2.07 bits per heavy atom. The molecule has 1 saturated carbocycles.